The van der Waals surface area contributed by atoms with Gasteiger partial charge in [0.2, 0.25) is 0 Å². The lowest BCUT2D eigenvalue weighted by Gasteiger charge is -2.11. The smallest absolute Gasteiger partial charge is 0.165 e. The average molecular weight is 302 g/mol. The van der Waals surface area contributed by atoms with Crippen LogP contribution in [0.15, 0.2) is 42.5 Å². The summed E-state index contributed by atoms with van der Waals surface area (Å²) in [5.74, 6) is 0. The molecular weight excluding hydrogens is 284 g/mol. The maximum absolute atomic E-state index is 2.30. The van der Waals surface area contributed by atoms with Crippen LogP contribution in [-0.2, 0) is 0 Å². The van der Waals surface area contributed by atoms with Gasteiger partial charge in [-0.1, -0.05) is 59.2 Å². The first-order valence-electron chi connectivity index (χ1n) is 5.77. The van der Waals surface area contributed by atoms with Crippen LogP contribution in [-0.4, -0.2) is 20.4 Å². The van der Waals surface area contributed by atoms with Gasteiger partial charge in [0, 0.05) is 0 Å². The summed E-state index contributed by atoms with van der Waals surface area (Å²) in [6, 6.07) is 15.5. The Hall–Kier alpha value is -0.314. The van der Waals surface area contributed by atoms with E-state index in [1.54, 1.807) is 3.69 Å². The second-order valence-electron chi connectivity index (χ2n) is 4.54. The molecular formula is C15H17BrMg. The molecule has 0 heterocycles. The van der Waals surface area contributed by atoms with Crippen LogP contribution in [0.25, 0.3) is 0 Å². The third-order valence-electron chi connectivity index (χ3n) is 3.06. The summed E-state index contributed by atoms with van der Waals surface area (Å²) in [5.41, 5.74) is 4.31. The Morgan fingerprint density at radius 3 is 1.88 bits per heavy atom. The van der Waals surface area contributed by atoms with E-state index in [0.29, 0.717) is 0 Å². The summed E-state index contributed by atoms with van der Waals surface area (Å²) in [6.07, 6.45) is 0. The fraction of sp³-hybridized carbons (Fsp3) is 0.200. The summed E-state index contributed by atoms with van der Waals surface area (Å²) in [4.78, 5) is 0. The van der Waals surface area contributed by atoms with Gasteiger partial charge >= 0.3 is 20.4 Å². The standard InChI is InChI=1S/C9H11.C6H5.BrH.Mg/c1-7-4-8(2)6-9(3)5-7;1-2-4-6-5-3-1;;/h4-5H,1-3H3;1-5H;1H;. The molecule has 0 amide bonds. The van der Waals surface area contributed by atoms with Crippen molar-refractivity contribution in [1.82, 2.24) is 0 Å². The highest BCUT2D eigenvalue weighted by Crippen LogP contribution is 2.04. The normalized spacial score (nSPS) is 9.35. The molecule has 0 radical (unpaired) electrons. The summed E-state index contributed by atoms with van der Waals surface area (Å²) < 4.78 is 3.13. The van der Waals surface area contributed by atoms with Crippen LogP contribution < -0.4 is 7.39 Å². The third-order valence-corrected chi connectivity index (χ3v) is 5.41. The van der Waals surface area contributed by atoms with Gasteiger partial charge in [-0.2, -0.15) is 7.39 Å². The molecule has 0 fully saturated rings. The molecule has 0 N–H and O–H groups in total. The van der Waals surface area contributed by atoms with Crippen molar-refractivity contribution in [2.24, 2.45) is 0 Å². The Morgan fingerprint density at radius 1 is 0.824 bits per heavy atom. The van der Waals surface area contributed by atoms with Crippen LogP contribution in [0.1, 0.15) is 16.7 Å². The molecule has 2 rings (SSSR count). The lowest BCUT2D eigenvalue weighted by Crippen LogP contribution is -2.31. The summed E-state index contributed by atoms with van der Waals surface area (Å²) in [6.45, 7) is 6.66. The maximum atomic E-state index is 2.30. The largest absolute Gasteiger partial charge is 0.451 e. The van der Waals surface area contributed by atoms with Crippen LogP contribution in [0.3, 0.4) is 0 Å². The van der Waals surface area contributed by atoms with E-state index < -0.39 is 0 Å². The molecule has 0 bridgehead atoms. The summed E-state index contributed by atoms with van der Waals surface area (Å²) >= 11 is -0.308. The Kier molecular flexibility index (Phi) is 5.70. The van der Waals surface area contributed by atoms with Gasteiger partial charge in [0.25, 0.3) is 0 Å². The van der Waals surface area contributed by atoms with Gasteiger partial charge in [0.1, 0.15) is 0 Å². The lowest BCUT2D eigenvalue weighted by molar-refractivity contribution is 1.35. The van der Waals surface area contributed by atoms with Crippen LogP contribution >= 0.6 is 17.0 Å². The zero-order chi connectivity index (χ0) is 11.5. The molecule has 0 saturated carbocycles. The second kappa shape index (κ2) is 6.57. The van der Waals surface area contributed by atoms with Gasteiger partial charge in [-0.25, -0.2) is 0 Å². The molecule has 0 aliphatic heterocycles. The molecule has 0 spiro atoms. The topological polar surface area (TPSA) is 0 Å². The van der Waals surface area contributed by atoms with E-state index in [4.69, 9.17) is 0 Å². The highest BCUT2D eigenvalue weighted by molar-refractivity contribution is 8.93. The Morgan fingerprint density at radius 2 is 1.35 bits per heavy atom. The molecule has 0 atom stereocenters. The predicted molar refractivity (Wildman–Crippen MR) is 82.4 cm³/mol. The summed E-state index contributed by atoms with van der Waals surface area (Å²) in [7, 11) is 0. The predicted octanol–water partition coefficient (Wildman–Crippen LogP) is 2.84. The van der Waals surface area contributed by atoms with E-state index >= 15 is 0 Å². The second-order valence-corrected chi connectivity index (χ2v) is 6.42. The van der Waals surface area contributed by atoms with Crippen LogP contribution in [0.4, 0.5) is 0 Å². The Bertz CT molecular complexity index is 469. The van der Waals surface area contributed by atoms with Crippen LogP contribution in [0, 0.1) is 20.8 Å². The first kappa shape index (κ1) is 14.7. The van der Waals surface area contributed by atoms with E-state index in [1.165, 1.54) is 20.4 Å². The molecule has 2 aromatic carbocycles. The van der Waals surface area contributed by atoms with Gasteiger partial charge in [0.05, 0.1) is 0 Å². The van der Waals surface area contributed by atoms with E-state index in [2.05, 4.69) is 63.2 Å². The van der Waals surface area contributed by atoms with E-state index in [0.717, 1.165) is 0 Å². The fourth-order valence-electron chi connectivity index (χ4n) is 2.29. The van der Waals surface area contributed by atoms with E-state index in [-0.39, 0.29) is 37.3 Å². The number of halogens is 1. The zero-order valence-electron chi connectivity index (χ0n) is 10.7. The molecule has 86 valence electrons. The van der Waals surface area contributed by atoms with E-state index in [1.807, 2.05) is 0 Å². The van der Waals surface area contributed by atoms with Crippen LogP contribution in [0.5, 0.6) is 0 Å². The van der Waals surface area contributed by atoms with Crippen molar-refractivity contribution in [2.75, 3.05) is 0 Å². The van der Waals surface area contributed by atoms with Crippen molar-refractivity contribution in [2.45, 2.75) is 20.8 Å². The minimum atomic E-state index is -0.308. The average Bonchev–Trinajstić information content (AvgIpc) is 2.25. The third kappa shape index (κ3) is 3.83. The van der Waals surface area contributed by atoms with Gasteiger partial charge in [-0.05, 0) is 20.8 Å². The monoisotopic (exact) mass is 300 g/mol. The number of rotatable bonds is 2. The van der Waals surface area contributed by atoms with Crippen molar-refractivity contribution >= 4 is 44.7 Å². The number of hydrogen-bond acceptors (Lipinski definition) is 0. The molecule has 2 aromatic rings. The maximum Gasteiger partial charge on any atom is 0.451 e. The van der Waals surface area contributed by atoms with Crippen molar-refractivity contribution in [3.8, 4) is 0 Å². The van der Waals surface area contributed by atoms with Crippen molar-refractivity contribution in [3.05, 3.63) is 59.2 Å². The minimum absolute atomic E-state index is 0. The molecule has 2 heteroatoms. The highest BCUT2D eigenvalue weighted by atomic mass is 79.9. The number of hydrogen-bond donors (Lipinski definition) is 0. The minimum Gasteiger partial charge on any atom is -0.165 e. The number of aryl methyl sites for hydroxylation is 3. The van der Waals surface area contributed by atoms with Crippen molar-refractivity contribution in [1.29, 1.82) is 0 Å². The SMILES string of the molecule is Br.Cc1cc(C)[c]([Mg][c]2ccccc2)c(C)c1. The quantitative estimate of drug-likeness (QED) is 0.748. The van der Waals surface area contributed by atoms with Gasteiger partial charge < -0.3 is 0 Å². The van der Waals surface area contributed by atoms with Crippen molar-refractivity contribution < 1.29 is 0 Å². The van der Waals surface area contributed by atoms with Crippen LogP contribution in [0.2, 0.25) is 0 Å². The highest BCUT2D eigenvalue weighted by Gasteiger charge is 2.08. The Balaban J connectivity index is 0.00000144. The van der Waals surface area contributed by atoms with Crippen molar-refractivity contribution in [3.63, 3.8) is 0 Å². The molecule has 17 heavy (non-hydrogen) atoms. The lowest BCUT2D eigenvalue weighted by atomic mass is 10.1. The van der Waals surface area contributed by atoms with Gasteiger partial charge in [0.15, 0.2) is 0 Å². The molecule has 0 unspecified atom stereocenters. The first-order valence-corrected chi connectivity index (χ1v) is 7.19. The first-order chi connectivity index (χ1) is 7.66. The Labute approximate surface area is 124 Å². The fourth-order valence-corrected chi connectivity index (χ4v) is 3.97. The molecule has 0 aliphatic rings. The number of benzene rings is 2. The molecule has 0 nitrogen and oxygen atoms in total. The molecule has 0 saturated heterocycles. The molecule has 0 aromatic heterocycles. The van der Waals surface area contributed by atoms with E-state index in [9.17, 15) is 0 Å². The van der Waals surface area contributed by atoms with Gasteiger partial charge in [-0.3, -0.25) is 0 Å². The zero-order valence-corrected chi connectivity index (χ0v) is 13.8. The molecule has 0 aliphatic carbocycles. The van der Waals surface area contributed by atoms with Gasteiger partial charge in [-0.15, -0.1) is 17.0 Å². The summed E-state index contributed by atoms with van der Waals surface area (Å²) in [5, 5.41) is 0.